The summed E-state index contributed by atoms with van der Waals surface area (Å²) in [6.07, 6.45) is 8.42. The van der Waals surface area contributed by atoms with E-state index in [1.165, 1.54) is 37.7 Å². The molecule has 1 N–H and O–H groups in total. The third-order valence-corrected chi connectivity index (χ3v) is 5.39. The van der Waals surface area contributed by atoms with Crippen molar-refractivity contribution in [2.24, 2.45) is 10.9 Å². The molecule has 144 valence electrons. The number of ether oxygens (including phenoxy) is 1. The Morgan fingerprint density at radius 1 is 1.23 bits per heavy atom. The van der Waals surface area contributed by atoms with Crippen molar-refractivity contribution in [2.75, 3.05) is 51.8 Å². The minimum atomic E-state index is 0.605. The Bertz CT molecular complexity index is 566. The van der Waals surface area contributed by atoms with Crippen molar-refractivity contribution in [2.45, 2.75) is 38.6 Å². The molecule has 0 aromatic carbocycles. The monoisotopic (exact) mass is 359 g/mol. The van der Waals surface area contributed by atoms with Crippen LogP contribution >= 0.6 is 0 Å². The lowest BCUT2D eigenvalue weighted by Crippen LogP contribution is -2.39. The predicted octanol–water partition coefficient (Wildman–Crippen LogP) is 2.51. The lowest BCUT2D eigenvalue weighted by molar-refractivity contribution is 0.157. The van der Waals surface area contributed by atoms with Crippen LogP contribution in [0.15, 0.2) is 23.3 Å². The largest absolute Gasteiger partial charge is 0.384 e. The van der Waals surface area contributed by atoms with Crippen LogP contribution in [-0.4, -0.2) is 62.8 Å². The number of methoxy groups -OCH3 is 1. The second kappa shape index (κ2) is 9.76. The van der Waals surface area contributed by atoms with E-state index in [0.29, 0.717) is 5.92 Å². The van der Waals surface area contributed by atoms with Crippen molar-refractivity contribution in [1.29, 1.82) is 0 Å². The van der Waals surface area contributed by atoms with Gasteiger partial charge in [0, 0.05) is 59.0 Å². The number of nitrogens with one attached hydrogen (secondary N) is 1. The fraction of sp³-hybridized carbons (Fsp3) is 0.700. The molecule has 2 aliphatic rings. The van der Waals surface area contributed by atoms with Gasteiger partial charge in [0.25, 0.3) is 0 Å². The average molecular weight is 360 g/mol. The number of aromatic nitrogens is 1. The molecule has 0 radical (unpaired) electrons. The lowest BCUT2D eigenvalue weighted by atomic mass is 10.1. The third kappa shape index (κ3) is 5.10. The average Bonchev–Trinajstić information content (AvgIpc) is 2.96. The Labute approximate surface area is 157 Å². The highest BCUT2D eigenvalue weighted by Crippen LogP contribution is 2.18. The second-order valence-corrected chi connectivity index (χ2v) is 7.38. The van der Waals surface area contributed by atoms with Gasteiger partial charge in [-0.25, -0.2) is 4.98 Å². The fourth-order valence-electron chi connectivity index (χ4n) is 3.92. The molecule has 0 spiro atoms. The van der Waals surface area contributed by atoms with Gasteiger partial charge in [-0.3, -0.25) is 4.99 Å². The van der Waals surface area contributed by atoms with Crippen molar-refractivity contribution in [3.05, 3.63) is 23.9 Å². The Morgan fingerprint density at radius 3 is 2.69 bits per heavy atom. The molecule has 6 nitrogen and oxygen atoms in total. The summed E-state index contributed by atoms with van der Waals surface area (Å²) in [5, 5.41) is 3.48. The number of anilines is 1. The van der Waals surface area contributed by atoms with Gasteiger partial charge in [0.15, 0.2) is 5.96 Å². The van der Waals surface area contributed by atoms with E-state index in [4.69, 9.17) is 9.72 Å². The molecule has 0 saturated carbocycles. The van der Waals surface area contributed by atoms with Crippen LogP contribution in [0.3, 0.4) is 0 Å². The molecule has 2 aliphatic heterocycles. The number of pyridine rings is 1. The minimum Gasteiger partial charge on any atom is -0.384 e. The molecule has 1 aromatic rings. The SMILES string of the molecule is CN=C(NCc1ccc(N2CCCCCC2)nc1)N1CCC(COC)C1. The molecule has 1 atom stereocenters. The quantitative estimate of drug-likeness (QED) is 0.647. The predicted molar refractivity (Wildman–Crippen MR) is 107 cm³/mol. The Morgan fingerprint density at radius 2 is 2.04 bits per heavy atom. The van der Waals surface area contributed by atoms with Gasteiger partial charge < -0.3 is 19.9 Å². The molecule has 3 rings (SSSR count). The topological polar surface area (TPSA) is 53.0 Å². The number of likely N-dealkylation sites (tertiary alicyclic amines) is 1. The van der Waals surface area contributed by atoms with Gasteiger partial charge in [-0.15, -0.1) is 0 Å². The zero-order valence-corrected chi connectivity index (χ0v) is 16.3. The maximum Gasteiger partial charge on any atom is 0.193 e. The summed E-state index contributed by atoms with van der Waals surface area (Å²) in [7, 11) is 3.63. The summed E-state index contributed by atoms with van der Waals surface area (Å²) in [6, 6.07) is 4.35. The smallest absolute Gasteiger partial charge is 0.193 e. The van der Waals surface area contributed by atoms with E-state index in [2.05, 4.69) is 32.2 Å². The van der Waals surface area contributed by atoms with Gasteiger partial charge in [0.2, 0.25) is 0 Å². The van der Waals surface area contributed by atoms with E-state index in [-0.39, 0.29) is 0 Å². The molecule has 3 heterocycles. The Kier molecular flexibility index (Phi) is 7.12. The Balaban J connectivity index is 1.50. The number of nitrogens with zero attached hydrogens (tertiary/aromatic N) is 4. The number of guanidine groups is 1. The first-order valence-electron chi connectivity index (χ1n) is 9.94. The van der Waals surface area contributed by atoms with Gasteiger partial charge in [0.1, 0.15) is 5.82 Å². The summed E-state index contributed by atoms with van der Waals surface area (Å²) in [5.74, 6) is 2.69. The normalized spacial score (nSPS) is 21.8. The number of aliphatic imine (C=N–C) groups is 1. The first-order chi connectivity index (χ1) is 12.8. The van der Waals surface area contributed by atoms with Crippen LogP contribution in [0.2, 0.25) is 0 Å². The van der Waals surface area contributed by atoms with E-state index < -0.39 is 0 Å². The third-order valence-electron chi connectivity index (χ3n) is 5.39. The number of hydrogen-bond acceptors (Lipinski definition) is 4. The van der Waals surface area contributed by atoms with Crippen molar-refractivity contribution < 1.29 is 4.74 Å². The maximum absolute atomic E-state index is 5.29. The zero-order chi connectivity index (χ0) is 18.2. The van der Waals surface area contributed by atoms with Gasteiger partial charge in [-0.2, -0.15) is 0 Å². The fourth-order valence-corrected chi connectivity index (χ4v) is 3.92. The van der Waals surface area contributed by atoms with Gasteiger partial charge in [-0.05, 0) is 30.9 Å². The maximum atomic E-state index is 5.29. The molecule has 0 aliphatic carbocycles. The van der Waals surface area contributed by atoms with Gasteiger partial charge in [-0.1, -0.05) is 18.9 Å². The van der Waals surface area contributed by atoms with E-state index in [1.807, 2.05) is 13.2 Å². The minimum absolute atomic E-state index is 0.605. The Hall–Kier alpha value is -1.82. The zero-order valence-electron chi connectivity index (χ0n) is 16.3. The van der Waals surface area contributed by atoms with Crippen LogP contribution in [0.4, 0.5) is 5.82 Å². The lowest BCUT2D eigenvalue weighted by Gasteiger charge is -2.23. The molecule has 2 saturated heterocycles. The summed E-state index contributed by atoms with van der Waals surface area (Å²) < 4.78 is 5.29. The molecule has 0 bridgehead atoms. The molecule has 6 heteroatoms. The van der Waals surface area contributed by atoms with Gasteiger partial charge in [0.05, 0.1) is 6.61 Å². The molecule has 2 fully saturated rings. The van der Waals surface area contributed by atoms with Gasteiger partial charge >= 0.3 is 0 Å². The summed E-state index contributed by atoms with van der Waals surface area (Å²) in [4.78, 5) is 13.9. The number of hydrogen-bond donors (Lipinski definition) is 1. The first-order valence-corrected chi connectivity index (χ1v) is 9.94. The second-order valence-electron chi connectivity index (χ2n) is 7.38. The molecular formula is C20H33N5O. The highest BCUT2D eigenvalue weighted by atomic mass is 16.5. The van der Waals surface area contributed by atoms with Crippen molar-refractivity contribution in [3.8, 4) is 0 Å². The summed E-state index contributed by atoms with van der Waals surface area (Å²) in [5.41, 5.74) is 1.19. The van der Waals surface area contributed by atoms with E-state index in [9.17, 15) is 0 Å². The molecule has 1 unspecified atom stereocenters. The van der Waals surface area contributed by atoms with Crippen molar-refractivity contribution >= 4 is 11.8 Å². The van der Waals surface area contributed by atoms with Crippen LogP contribution in [0.5, 0.6) is 0 Å². The number of rotatable bonds is 5. The van der Waals surface area contributed by atoms with Crippen LogP contribution < -0.4 is 10.2 Å². The molecule has 1 aromatic heterocycles. The highest BCUT2D eigenvalue weighted by Gasteiger charge is 2.24. The molecular weight excluding hydrogens is 326 g/mol. The van der Waals surface area contributed by atoms with Crippen LogP contribution in [0.1, 0.15) is 37.7 Å². The highest BCUT2D eigenvalue weighted by molar-refractivity contribution is 5.80. The van der Waals surface area contributed by atoms with E-state index in [1.54, 1.807) is 7.11 Å². The van der Waals surface area contributed by atoms with E-state index in [0.717, 1.165) is 51.1 Å². The first kappa shape index (κ1) is 19.0. The van der Waals surface area contributed by atoms with Crippen molar-refractivity contribution in [3.63, 3.8) is 0 Å². The summed E-state index contributed by atoms with van der Waals surface area (Å²) in [6.45, 7) is 5.91. The van der Waals surface area contributed by atoms with Crippen molar-refractivity contribution in [1.82, 2.24) is 15.2 Å². The standard InChI is InChI=1S/C20H33N5O/c1-21-20(25-12-9-18(15-25)16-26-2)23-14-17-7-8-19(22-13-17)24-10-5-3-4-6-11-24/h7-8,13,18H,3-6,9-12,14-16H2,1-2H3,(H,21,23). The molecule has 0 amide bonds. The van der Waals surface area contributed by atoms with E-state index >= 15 is 0 Å². The molecule has 26 heavy (non-hydrogen) atoms. The van der Waals surface area contributed by atoms with Crippen LogP contribution in [-0.2, 0) is 11.3 Å². The van der Waals surface area contributed by atoms with Crippen LogP contribution in [0, 0.1) is 5.92 Å². The van der Waals surface area contributed by atoms with Crippen LogP contribution in [0.25, 0.3) is 0 Å². The summed E-state index contributed by atoms with van der Waals surface area (Å²) >= 11 is 0.